The quantitative estimate of drug-likeness (QED) is 0.559. The Labute approximate surface area is 106 Å². The fourth-order valence-corrected chi connectivity index (χ4v) is 2.90. The van der Waals surface area contributed by atoms with Crippen LogP contribution in [0.3, 0.4) is 0 Å². The molecule has 0 radical (unpaired) electrons. The summed E-state index contributed by atoms with van der Waals surface area (Å²) in [4.78, 5) is 23.5. The summed E-state index contributed by atoms with van der Waals surface area (Å²) >= 11 is 0. The minimum Gasteiger partial charge on any atom is -0.463 e. The summed E-state index contributed by atoms with van der Waals surface area (Å²) < 4.78 is 10.9. The molecule has 0 N–H and O–H groups in total. The molecule has 4 heteroatoms. The van der Waals surface area contributed by atoms with Crippen molar-refractivity contribution in [1.82, 2.24) is 0 Å². The van der Waals surface area contributed by atoms with Crippen LogP contribution in [-0.2, 0) is 19.1 Å². The van der Waals surface area contributed by atoms with Gasteiger partial charge in [-0.1, -0.05) is 6.08 Å². The van der Waals surface area contributed by atoms with Crippen molar-refractivity contribution in [3.05, 3.63) is 23.8 Å². The van der Waals surface area contributed by atoms with E-state index >= 15 is 0 Å². The summed E-state index contributed by atoms with van der Waals surface area (Å²) in [6, 6.07) is 0. The Bertz CT molecular complexity index is 476. The number of hydrogen-bond acceptors (Lipinski definition) is 4. The van der Waals surface area contributed by atoms with E-state index in [2.05, 4.69) is 6.58 Å². The van der Waals surface area contributed by atoms with E-state index in [1.807, 2.05) is 6.92 Å². The van der Waals surface area contributed by atoms with Crippen molar-refractivity contribution < 1.29 is 19.1 Å². The second kappa shape index (κ2) is 3.79. The Kier molecular flexibility index (Phi) is 2.45. The van der Waals surface area contributed by atoms with Crippen molar-refractivity contribution >= 4 is 11.8 Å². The van der Waals surface area contributed by atoms with Crippen LogP contribution >= 0.6 is 0 Å². The lowest BCUT2D eigenvalue weighted by molar-refractivity contribution is -0.156. The summed E-state index contributed by atoms with van der Waals surface area (Å²) in [6.45, 7) is 6.02. The van der Waals surface area contributed by atoms with Crippen LogP contribution in [0.1, 0.15) is 26.2 Å². The molecule has 1 saturated carbocycles. The molecule has 3 aliphatic rings. The highest BCUT2D eigenvalue weighted by Crippen LogP contribution is 2.54. The minimum absolute atomic E-state index is 0.109. The summed E-state index contributed by atoms with van der Waals surface area (Å²) in [5.74, 6) is 0.0404. The maximum atomic E-state index is 11.9. The number of ketones is 1. The number of Topliss-reactive ketones (excluding diaryl/α,β-unsaturated/α-hetero) is 1. The molecule has 2 aliphatic carbocycles. The first-order valence-corrected chi connectivity index (χ1v) is 6.27. The zero-order valence-corrected chi connectivity index (χ0v) is 10.4. The number of carbonyl (C=O) groups is 2. The molecule has 0 aromatic carbocycles. The molecule has 0 amide bonds. The predicted octanol–water partition coefficient (Wildman–Crippen LogP) is 1.55. The molecular weight excluding hydrogens is 232 g/mol. The van der Waals surface area contributed by atoms with Crippen molar-refractivity contribution in [2.24, 2.45) is 5.92 Å². The van der Waals surface area contributed by atoms with Crippen LogP contribution in [0.2, 0.25) is 0 Å². The van der Waals surface area contributed by atoms with Gasteiger partial charge in [-0.25, -0.2) is 4.79 Å². The monoisotopic (exact) mass is 248 g/mol. The van der Waals surface area contributed by atoms with Crippen LogP contribution < -0.4 is 0 Å². The number of ether oxygens (including phenoxy) is 2. The van der Waals surface area contributed by atoms with Gasteiger partial charge in [0.1, 0.15) is 0 Å². The fraction of sp³-hybridized carbons (Fsp3) is 0.571. The Hall–Kier alpha value is -1.42. The zero-order chi connectivity index (χ0) is 12.9. The fourth-order valence-electron chi connectivity index (χ4n) is 2.90. The van der Waals surface area contributed by atoms with Crippen molar-refractivity contribution in [3.63, 3.8) is 0 Å². The van der Waals surface area contributed by atoms with Crippen LogP contribution in [0.5, 0.6) is 0 Å². The lowest BCUT2D eigenvalue weighted by atomic mass is 10.1. The Morgan fingerprint density at radius 1 is 1.56 bits per heavy atom. The maximum absolute atomic E-state index is 11.9. The highest BCUT2D eigenvalue weighted by molar-refractivity contribution is 6.00. The molecule has 1 saturated heterocycles. The van der Waals surface area contributed by atoms with Gasteiger partial charge in [-0.15, -0.1) is 6.58 Å². The van der Waals surface area contributed by atoms with Gasteiger partial charge < -0.3 is 9.47 Å². The smallest absolute Gasteiger partial charge is 0.338 e. The van der Waals surface area contributed by atoms with E-state index in [0.717, 1.165) is 17.6 Å². The normalized spacial score (nSPS) is 37.8. The van der Waals surface area contributed by atoms with E-state index in [4.69, 9.17) is 9.47 Å². The zero-order valence-electron chi connectivity index (χ0n) is 10.4. The van der Waals surface area contributed by atoms with Gasteiger partial charge in [-0.2, -0.15) is 0 Å². The van der Waals surface area contributed by atoms with Crippen LogP contribution in [0.4, 0.5) is 0 Å². The predicted molar refractivity (Wildman–Crippen MR) is 63.8 cm³/mol. The second-order valence-corrected chi connectivity index (χ2v) is 5.28. The Balaban J connectivity index is 1.77. The van der Waals surface area contributed by atoms with Gasteiger partial charge in [0.05, 0.1) is 12.7 Å². The highest BCUT2D eigenvalue weighted by atomic mass is 16.6. The van der Waals surface area contributed by atoms with Crippen molar-refractivity contribution in [3.8, 4) is 0 Å². The number of fused-ring (bicyclic) bond motifs is 1. The largest absolute Gasteiger partial charge is 0.463 e. The molecule has 2 unspecified atom stereocenters. The van der Waals surface area contributed by atoms with Crippen molar-refractivity contribution in [1.29, 1.82) is 0 Å². The molecule has 3 atom stereocenters. The SMILES string of the molecule is C=CCC1=C(C)C(O[C@]23CC2COC3=O)CC1=O. The maximum Gasteiger partial charge on any atom is 0.338 e. The molecule has 18 heavy (non-hydrogen) atoms. The molecule has 0 spiro atoms. The first-order chi connectivity index (χ1) is 8.58. The lowest BCUT2D eigenvalue weighted by Gasteiger charge is -2.18. The van der Waals surface area contributed by atoms with E-state index in [-0.39, 0.29) is 23.8 Å². The van der Waals surface area contributed by atoms with Gasteiger partial charge in [-0.05, 0) is 25.3 Å². The van der Waals surface area contributed by atoms with Crippen LogP contribution in [0.15, 0.2) is 23.8 Å². The Morgan fingerprint density at radius 3 is 2.89 bits per heavy atom. The van der Waals surface area contributed by atoms with Gasteiger partial charge in [-0.3, -0.25) is 4.79 Å². The third kappa shape index (κ3) is 1.48. The third-order valence-electron chi connectivity index (χ3n) is 4.18. The second-order valence-electron chi connectivity index (χ2n) is 5.28. The average Bonchev–Trinajstić information content (AvgIpc) is 2.89. The van der Waals surface area contributed by atoms with E-state index < -0.39 is 5.60 Å². The van der Waals surface area contributed by atoms with Crippen LogP contribution in [0, 0.1) is 5.92 Å². The first kappa shape index (κ1) is 11.7. The van der Waals surface area contributed by atoms with Crippen LogP contribution in [-0.4, -0.2) is 30.1 Å². The molecule has 1 aliphatic heterocycles. The molecule has 96 valence electrons. The number of allylic oxidation sites excluding steroid dienone is 2. The molecule has 1 heterocycles. The standard InChI is InChI=1S/C14H16O4/c1-3-4-10-8(2)12(5-11(10)15)18-14-6-9(14)7-17-13(14)16/h3,9,12H,1,4-7H2,2H3/t9?,12?,14-/m1/s1. The number of hydrogen-bond donors (Lipinski definition) is 0. The van der Waals surface area contributed by atoms with E-state index in [1.54, 1.807) is 6.08 Å². The first-order valence-electron chi connectivity index (χ1n) is 6.27. The van der Waals surface area contributed by atoms with Gasteiger partial charge in [0, 0.05) is 17.9 Å². The number of rotatable bonds is 4. The molecular formula is C14H16O4. The van der Waals surface area contributed by atoms with E-state index in [0.29, 0.717) is 19.4 Å². The van der Waals surface area contributed by atoms with Crippen molar-refractivity contribution in [2.45, 2.75) is 37.9 Å². The minimum atomic E-state index is -0.740. The van der Waals surface area contributed by atoms with E-state index in [1.165, 1.54) is 0 Å². The summed E-state index contributed by atoms with van der Waals surface area (Å²) in [6.07, 6.45) is 3.12. The topological polar surface area (TPSA) is 52.6 Å². The summed E-state index contributed by atoms with van der Waals surface area (Å²) in [7, 11) is 0. The highest BCUT2D eigenvalue weighted by Gasteiger charge is 2.68. The van der Waals surface area contributed by atoms with Crippen molar-refractivity contribution in [2.75, 3.05) is 6.61 Å². The van der Waals surface area contributed by atoms with Crippen LogP contribution in [0.25, 0.3) is 0 Å². The molecule has 2 fully saturated rings. The molecule has 0 aromatic rings. The van der Waals surface area contributed by atoms with E-state index in [9.17, 15) is 9.59 Å². The van der Waals surface area contributed by atoms with Gasteiger partial charge >= 0.3 is 5.97 Å². The molecule has 0 aromatic heterocycles. The number of carbonyl (C=O) groups excluding carboxylic acids is 2. The van der Waals surface area contributed by atoms with Gasteiger partial charge in [0.25, 0.3) is 0 Å². The number of cyclic esters (lactones) is 1. The number of esters is 1. The van der Waals surface area contributed by atoms with Gasteiger partial charge in [0.2, 0.25) is 0 Å². The molecule has 0 bridgehead atoms. The third-order valence-corrected chi connectivity index (χ3v) is 4.18. The lowest BCUT2D eigenvalue weighted by Crippen LogP contribution is -2.30. The average molecular weight is 248 g/mol. The molecule has 3 rings (SSSR count). The summed E-state index contributed by atoms with van der Waals surface area (Å²) in [5, 5.41) is 0. The van der Waals surface area contributed by atoms with Gasteiger partial charge in [0.15, 0.2) is 11.4 Å². The molecule has 4 nitrogen and oxygen atoms in total. The Morgan fingerprint density at radius 2 is 2.33 bits per heavy atom. The summed E-state index contributed by atoms with van der Waals surface area (Å²) in [5.41, 5.74) is 0.991.